The van der Waals surface area contributed by atoms with E-state index in [0.29, 0.717) is 23.9 Å². The fourth-order valence-corrected chi connectivity index (χ4v) is 3.32. The van der Waals surface area contributed by atoms with Crippen LogP contribution >= 0.6 is 11.6 Å². The number of fused-ring (bicyclic) bond motifs is 1. The molecule has 9 heteroatoms. The molecule has 1 aliphatic rings. The van der Waals surface area contributed by atoms with E-state index in [1.54, 1.807) is 6.07 Å². The number of nitrogens with zero attached hydrogens (tertiary/aromatic N) is 5. The van der Waals surface area contributed by atoms with E-state index in [1.165, 1.54) is 4.52 Å². The van der Waals surface area contributed by atoms with Crippen LogP contribution in [-0.2, 0) is 0 Å². The normalized spacial score (nSPS) is 15.8. The maximum atomic E-state index is 14.1. The van der Waals surface area contributed by atoms with Crippen LogP contribution in [0.15, 0.2) is 18.2 Å². The van der Waals surface area contributed by atoms with E-state index in [-0.39, 0.29) is 16.8 Å². The van der Waals surface area contributed by atoms with Gasteiger partial charge in [0.2, 0.25) is 0 Å². The van der Waals surface area contributed by atoms with Gasteiger partial charge in [0.05, 0.1) is 5.56 Å². The molecule has 3 heterocycles. The largest absolute Gasteiger partial charge is 0.356 e. The van der Waals surface area contributed by atoms with Crippen molar-refractivity contribution in [2.75, 3.05) is 18.0 Å². The molecule has 0 bridgehead atoms. The van der Waals surface area contributed by atoms with Gasteiger partial charge in [0.15, 0.2) is 5.82 Å². The summed E-state index contributed by atoms with van der Waals surface area (Å²) in [5.41, 5.74) is -0.494. The average Bonchev–Trinajstić information content (AvgIpc) is 2.97. The molecular formula is C17H15ClF3N5. The van der Waals surface area contributed by atoms with Crippen LogP contribution in [0.4, 0.5) is 19.0 Å². The van der Waals surface area contributed by atoms with Crippen molar-refractivity contribution < 1.29 is 13.2 Å². The first kappa shape index (κ1) is 17.1. The second-order valence-electron chi connectivity index (χ2n) is 6.50. The zero-order valence-electron chi connectivity index (χ0n) is 13.9. The summed E-state index contributed by atoms with van der Waals surface area (Å²) >= 11 is 6.09. The molecule has 26 heavy (non-hydrogen) atoms. The highest BCUT2D eigenvalue weighted by Gasteiger charge is 2.23. The fourth-order valence-electron chi connectivity index (χ4n) is 3.15. The smallest absolute Gasteiger partial charge is 0.256 e. The molecule has 4 rings (SSSR count). The van der Waals surface area contributed by atoms with E-state index in [9.17, 15) is 13.2 Å². The van der Waals surface area contributed by atoms with Gasteiger partial charge >= 0.3 is 0 Å². The van der Waals surface area contributed by atoms with Crippen LogP contribution in [-0.4, -0.2) is 32.7 Å². The van der Waals surface area contributed by atoms with Crippen LogP contribution < -0.4 is 4.90 Å². The zero-order valence-corrected chi connectivity index (χ0v) is 14.6. The molecule has 1 fully saturated rings. The van der Waals surface area contributed by atoms with Gasteiger partial charge in [0, 0.05) is 31.3 Å². The number of benzene rings is 1. The number of halogens is 4. The first-order chi connectivity index (χ1) is 12.4. The van der Waals surface area contributed by atoms with Crippen molar-refractivity contribution in [1.29, 1.82) is 0 Å². The Morgan fingerprint density at radius 1 is 1.04 bits per heavy atom. The molecule has 0 saturated carbocycles. The maximum absolute atomic E-state index is 14.1. The van der Waals surface area contributed by atoms with Crippen LogP contribution in [0, 0.1) is 23.4 Å². The van der Waals surface area contributed by atoms with Gasteiger partial charge in [-0.1, -0.05) is 18.5 Å². The summed E-state index contributed by atoms with van der Waals surface area (Å²) < 4.78 is 42.7. The van der Waals surface area contributed by atoms with E-state index >= 15 is 0 Å². The minimum atomic E-state index is -1.07. The standard InChI is InChI=1S/C17H15ClF3N5/c1-9-2-4-25(5-3-9)14-8-13(18)22-17-23-16(24-26(14)17)15-11(20)6-10(19)7-12(15)21/h6-9H,2-5H2,1H3. The third-order valence-electron chi connectivity index (χ3n) is 4.60. The highest BCUT2D eigenvalue weighted by Crippen LogP contribution is 2.28. The molecule has 5 nitrogen and oxygen atoms in total. The SMILES string of the molecule is CC1CCN(c2cc(Cl)nc3nc(-c4c(F)cc(F)cc4F)nn23)CC1. The molecule has 0 N–H and O–H groups in total. The van der Waals surface area contributed by atoms with Crippen molar-refractivity contribution in [2.24, 2.45) is 5.92 Å². The lowest BCUT2D eigenvalue weighted by atomic mass is 9.99. The molecule has 136 valence electrons. The van der Waals surface area contributed by atoms with E-state index in [0.717, 1.165) is 25.9 Å². The highest BCUT2D eigenvalue weighted by molar-refractivity contribution is 6.29. The molecule has 1 aliphatic heterocycles. The fraction of sp³-hybridized carbons (Fsp3) is 0.353. The van der Waals surface area contributed by atoms with Crippen LogP contribution in [0.2, 0.25) is 5.15 Å². The lowest BCUT2D eigenvalue weighted by molar-refractivity contribution is 0.435. The minimum absolute atomic E-state index is 0.129. The van der Waals surface area contributed by atoms with Gasteiger partial charge in [-0.15, -0.1) is 5.10 Å². The van der Waals surface area contributed by atoms with Gasteiger partial charge in [-0.25, -0.2) is 13.2 Å². The third-order valence-corrected chi connectivity index (χ3v) is 4.79. The summed E-state index contributed by atoms with van der Waals surface area (Å²) in [6, 6.07) is 2.84. The summed E-state index contributed by atoms with van der Waals surface area (Å²) in [7, 11) is 0. The Balaban J connectivity index is 1.84. The van der Waals surface area contributed by atoms with Crippen LogP contribution in [0.5, 0.6) is 0 Å². The number of piperidine rings is 1. The molecule has 2 aromatic heterocycles. The summed E-state index contributed by atoms with van der Waals surface area (Å²) in [6.45, 7) is 3.82. The second kappa shape index (κ2) is 6.42. The second-order valence-corrected chi connectivity index (χ2v) is 6.89. The summed E-state index contributed by atoms with van der Waals surface area (Å²) in [5.74, 6) is -1.93. The number of hydrogen-bond acceptors (Lipinski definition) is 4. The molecule has 0 spiro atoms. The van der Waals surface area contributed by atoms with Crippen molar-refractivity contribution in [3.63, 3.8) is 0 Å². The molecule has 0 unspecified atom stereocenters. The quantitative estimate of drug-likeness (QED) is 0.627. The van der Waals surface area contributed by atoms with Crippen molar-refractivity contribution in [2.45, 2.75) is 19.8 Å². The topological polar surface area (TPSA) is 46.3 Å². The van der Waals surface area contributed by atoms with Gasteiger partial charge in [-0.3, -0.25) is 0 Å². The van der Waals surface area contributed by atoms with E-state index < -0.39 is 23.0 Å². The molecule has 3 aromatic rings. The van der Waals surface area contributed by atoms with Gasteiger partial charge in [0.1, 0.15) is 28.4 Å². The first-order valence-electron chi connectivity index (χ1n) is 8.25. The Morgan fingerprint density at radius 3 is 2.35 bits per heavy atom. The van der Waals surface area contributed by atoms with Gasteiger partial charge in [-0.05, 0) is 18.8 Å². The lowest BCUT2D eigenvalue weighted by Crippen LogP contribution is -2.34. The molecule has 0 amide bonds. The molecule has 0 aliphatic carbocycles. The Kier molecular flexibility index (Phi) is 4.22. The summed E-state index contributed by atoms with van der Waals surface area (Å²) in [5, 5.41) is 4.42. The number of hydrogen-bond donors (Lipinski definition) is 0. The zero-order chi connectivity index (χ0) is 18.4. The maximum Gasteiger partial charge on any atom is 0.256 e. The molecule has 0 radical (unpaired) electrons. The molecule has 1 aromatic carbocycles. The molecule has 0 atom stereocenters. The summed E-state index contributed by atoms with van der Waals surface area (Å²) in [4.78, 5) is 10.3. The Bertz CT molecular complexity index is 959. The molecular weight excluding hydrogens is 367 g/mol. The highest BCUT2D eigenvalue weighted by atomic mass is 35.5. The van der Waals surface area contributed by atoms with E-state index in [2.05, 4.69) is 26.9 Å². The third kappa shape index (κ3) is 2.98. The van der Waals surface area contributed by atoms with Crippen molar-refractivity contribution in [3.05, 3.63) is 40.8 Å². The first-order valence-corrected chi connectivity index (χ1v) is 8.63. The van der Waals surface area contributed by atoms with Crippen LogP contribution in [0.3, 0.4) is 0 Å². The van der Waals surface area contributed by atoms with Crippen LogP contribution in [0.25, 0.3) is 17.2 Å². The summed E-state index contributed by atoms with van der Waals surface area (Å²) in [6.07, 6.45) is 2.04. The lowest BCUT2D eigenvalue weighted by Gasteiger charge is -2.31. The monoisotopic (exact) mass is 381 g/mol. The van der Waals surface area contributed by atoms with Crippen LogP contribution in [0.1, 0.15) is 19.8 Å². The minimum Gasteiger partial charge on any atom is -0.356 e. The predicted molar refractivity (Wildman–Crippen MR) is 91.7 cm³/mol. The number of rotatable bonds is 2. The van der Waals surface area contributed by atoms with Crippen molar-refractivity contribution in [1.82, 2.24) is 19.6 Å². The average molecular weight is 382 g/mol. The van der Waals surface area contributed by atoms with Gasteiger partial charge < -0.3 is 4.90 Å². The molecule has 1 saturated heterocycles. The van der Waals surface area contributed by atoms with Gasteiger partial charge in [-0.2, -0.15) is 14.5 Å². The van der Waals surface area contributed by atoms with E-state index in [1.807, 2.05) is 0 Å². The van der Waals surface area contributed by atoms with Crippen molar-refractivity contribution >= 4 is 23.2 Å². The van der Waals surface area contributed by atoms with Gasteiger partial charge in [0.25, 0.3) is 5.78 Å². The Labute approximate surface area is 152 Å². The Hall–Kier alpha value is -2.35. The number of anilines is 1. The van der Waals surface area contributed by atoms with Crippen molar-refractivity contribution in [3.8, 4) is 11.4 Å². The van der Waals surface area contributed by atoms with E-state index in [4.69, 9.17) is 11.6 Å². The Morgan fingerprint density at radius 2 is 1.69 bits per heavy atom. The predicted octanol–water partition coefficient (Wildman–Crippen LogP) is 4.10. The number of aromatic nitrogens is 4.